The standard InChI is InChI=1S/C38H36ClFN8O6/c1-2-33(49)44-30-18-26-29(41-21-42-35(26)43-23-5-7-28(40)27(39)17-23)19-32(30)54-15-3-10-46-11-13-47(14-12-46)20-22-4-6-24-25(16-22)38(53)48(37(24)52)31-8-9-34(50)45-36(31)51/h2,4-7,16-19,21,31H,1,3,8-15,20H2,(H,44,49)(H,41,42,43)(H,45,50,51). The van der Waals surface area contributed by atoms with Crippen molar-refractivity contribution >= 4 is 69.2 Å². The third-order valence-electron chi connectivity index (χ3n) is 9.61. The van der Waals surface area contributed by atoms with Crippen LogP contribution >= 0.6 is 11.6 Å². The van der Waals surface area contributed by atoms with E-state index in [1.165, 1.54) is 24.5 Å². The molecule has 2 fully saturated rings. The molecule has 14 nitrogen and oxygen atoms in total. The number of rotatable bonds is 12. The van der Waals surface area contributed by atoms with Crippen molar-refractivity contribution in [2.45, 2.75) is 31.8 Å². The van der Waals surface area contributed by atoms with Crippen LogP contribution < -0.4 is 20.7 Å². The molecule has 0 saturated carbocycles. The Morgan fingerprint density at radius 1 is 1.00 bits per heavy atom. The molecule has 1 aromatic heterocycles. The number of nitrogens with zero attached hydrogens (tertiary/aromatic N) is 5. The quantitative estimate of drug-likeness (QED) is 0.107. The highest BCUT2D eigenvalue weighted by molar-refractivity contribution is 6.31. The molecule has 278 valence electrons. The summed E-state index contributed by atoms with van der Waals surface area (Å²) in [5.41, 5.74) is 2.94. The number of fused-ring (bicyclic) bond motifs is 2. The maximum Gasteiger partial charge on any atom is 0.262 e. The first kappa shape index (κ1) is 36.6. The van der Waals surface area contributed by atoms with Gasteiger partial charge in [-0.3, -0.25) is 39.1 Å². The monoisotopic (exact) mass is 754 g/mol. The van der Waals surface area contributed by atoms with Gasteiger partial charge in [-0.05, 0) is 60.9 Å². The van der Waals surface area contributed by atoms with Gasteiger partial charge in [0.25, 0.3) is 11.8 Å². The molecule has 3 aliphatic rings. The van der Waals surface area contributed by atoms with Gasteiger partial charge in [-0.1, -0.05) is 24.2 Å². The van der Waals surface area contributed by atoms with E-state index in [0.717, 1.165) is 55.7 Å². The molecule has 5 amide bonds. The Labute approximate surface area is 314 Å². The highest BCUT2D eigenvalue weighted by atomic mass is 35.5. The summed E-state index contributed by atoms with van der Waals surface area (Å²) in [6.45, 7) is 8.57. The van der Waals surface area contributed by atoms with Gasteiger partial charge < -0.3 is 20.3 Å². The number of piperazine rings is 1. The Kier molecular flexibility index (Phi) is 10.6. The second-order valence-corrected chi connectivity index (χ2v) is 13.6. The fourth-order valence-electron chi connectivity index (χ4n) is 6.81. The fourth-order valence-corrected chi connectivity index (χ4v) is 6.99. The minimum absolute atomic E-state index is 0.0361. The smallest absolute Gasteiger partial charge is 0.262 e. The van der Waals surface area contributed by atoms with Crippen LogP contribution in [0.25, 0.3) is 10.9 Å². The Morgan fingerprint density at radius 2 is 1.78 bits per heavy atom. The third kappa shape index (κ3) is 7.78. The molecule has 0 aliphatic carbocycles. The number of benzene rings is 3. The lowest BCUT2D eigenvalue weighted by molar-refractivity contribution is -0.136. The number of carbonyl (C=O) groups is 5. The van der Waals surface area contributed by atoms with Crippen molar-refractivity contribution in [1.82, 2.24) is 30.0 Å². The zero-order chi connectivity index (χ0) is 37.9. The molecule has 2 saturated heterocycles. The lowest BCUT2D eigenvalue weighted by Gasteiger charge is -2.34. The number of hydrogen-bond donors (Lipinski definition) is 3. The van der Waals surface area contributed by atoms with Gasteiger partial charge in [-0.25, -0.2) is 14.4 Å². The molecule has 0 radical (unpaired) electrons. The summed E-state index contributed by atoms with van der Waals surface area (Å²) in [7, 11) is 0. The van der Waals surface area contributed by atoms with E-state index in [9.17, 15) is 28.4 Å². The van der Waals surface area contributed by atoms with E-state index in [0.29, 0.717) is 47.0 Å². The number of halogens is 2. The number of amides is 5. The molecule has 3 N–H and O–H groups in total. The van der Waals surface area contributed by atoms with E-state index in [1.54, 1.807) is 24.3 Å². The number of piperidine rings is 1. The number of carbonyl (C=O) groups excluding carboxylic acids is 5. The molecule has 4 heterocycles. The number of imide groups is 2. The zero-order valence-electron chi connectivity index (χ0n) is 29.1. The van der Waals surface area contributed by atoms with Crippen LogP contribution in [0.15, 0.2) is 67.5 Å². The molecule has 7 rings (SSSR count). The highest BCUT2D eigenvalue weighted by Crippen LogP contribution is 2.34. The van der Waals surface area contributed by atoms with Crippen molar-refractivity contribution in [2.75, 3.05) is 50.0 Å². The minimum Gasteiger partial charge on any atom is -0.491 e. The van der Waals surface area contributed by atoms with Crippen LogP contribution in [-0.2, 0) is 20.9 Å². The van der Waals surface area contributed by atoms with Crippen molar-refractivity contribution in [1.29, 1.82) is 0 Å². The Bertz CT molecular complexity index is 2190. The molecular weight excluding hydrogens is 719 g/mol. The first-order chi connectivity index (χ1) is 26.1. The first-order valence-electron chi connectivity index (χ1n) is 17.4. The van der Waals surface area contributed by atoms with E-state index < -0.39 is 41.4 Å². The van der Waals surface area contributed by atoms with Crippen LogP contribution in [0.1, 0.15) is 45.5 Å². The Morgan fingerprint density at radius 3 is 2.54 bits per heavy atom. The molecule has 16 heteroatoms. The second kappa shape index (κ2) is 15.7. The average Bonchev–Trinajstić information content (AvgIpc) is 3.40. The Hall–Kier alpha value is -5.77. The maximum atomic E-state index is 13.7. The van der Waals surface area contributed by atoms with E-state index in [2.05, 4.69) is 42.3 Å². The van der Waals surface area contributed by atoms with Gasteiger partial charge >= 0.3 is 0 Å². The van der Waals surface area contributed by atoms with Gasteiger partial charge in [0.1, 0.15) is 29.8 Å². The molecule has 0 bridgehead atoms. The van der Waals surface area contributed by atoms with Crippen LogP contribution in [-0.4, -0.2) is 99.6 Å². The van der Waals surface area contributed by atoms with Crippen molar-refractivity contribution in [3.8, 4) is 5.75 Å². The van der Waals surface area contributed by atoms with Gasteiger partial charge in [0.2, 0.25) is 17.7 Å². The molecule has 54 heavy (non-hydrogen) atoms. The molecule has 3 aromatic carbocycles. The van der Waals surface area contributed by atoms with Gasteiger partial charge in [-0.15, -0.1) is 0 Å². The Balaban J connectivity index is 0.923. The average molecular weight is 755 g/mol. The number of ether oxygens (including phenoxy) is 1. The highest BCUT2D eigenvalue weighted by Gasteiger charge is 2.44. The number of nitrogens with one attached hydrogen (secondary N) is 3. The maximum absolute atomic E-state index is 13.7. The SMILES string of the molecule is C=CC(=O)Nc1cc2c(Nc3ccc(F)c(Cl)c3)ncnc2cc1OCCCN1CCN(Cc2ccc3c(c2)C(=O)N(C2CCC(=O)NC2=O)C3=O)CC1. The fraction of sp³-hybridized carbons (Fsp3) is 0.289. The van der Waals surface area contributed by atoms with Gasteiger partial charge in [0, 0.05) is 62.8 Å². The predicted octanol–water partition coefficient (Wildman–Crippen LogP) is 4.28. The summed E-state index contributed by atoms with van der Waals surface area (Å²) in [4.78, 5) is 76.9. The van der Waals surface area contributed by atoms with E-state index in [1.807, 2.05) is 6.07 Å². The van der Waals surface area contributed by atoms with Crippen LogP contribution in [0.3, 0.4) is 0 Å². The first-order valence-corrected chi connectivity index (χ1v) is 17.8. The molecule has 1 atom stereocenters. The number of anilines is 3. The normalized spacial score (nSPS) is 17.7. The number of hydrogen-bond acceptors (Lipinski definition) is 11. The summed E-state index contributed by atoms with van der Waals surface area (Å²) in [6, 6.07) is 11.9. The van der Waals surface area contributed by atoms with Gasteiger partial charge in [0.05, 0.1) is 34.0 Å². The van der Waals surface area contributed by atoms with Gasteiger partial charge in [-0.2, -0.15) is 0 Å². The van der Waals surface area contributed by atoms with E-state index in [4.69, 9.17) is 16.3 Å². The summed E-state index contributed by atoms with van der Waals surface area (Å²) < 4.78 is 19.9. The summed E-state index contributed by atoms with van der Waals surface area (Å²) >= 11 is 5.96. The predicted molar refractivity (Wildman–Crippen MR) is 198 cm³/mol. The van der Waals surface area contributed by atoms with Crippen molar-refractivity contribution in [2.24, 2.45) is 0 Å². The van der Waals surface area contributed by atoms with Crippen LogP contribution in [0.4, 0.5) is 21.6 Å². The van der Waals surface area contributed by atoms with Crippen LogP contribution in [0.2, 0.25) is 5.02 Å². The van der Waals surface area contributed by atoms with Crippen molar-refractivity contribution in [3.05, 3.63) is 95.0 Å². The molecule has 1 unspecified atom stereocenters. The largest absolute Gasteiger partial charge is 0.491 e. The molecule has 3 aliphatic heterocycles. The zero-order valence-corrected chi connectivity index (χ0v) is 29.8. The van der Waals surface area contributed by atoms with Gasteiger partial charge in [0.15, 0.2) is 0 Å². The summed E-state index contributed by atoms with van der Waals surface area (Å²) in [5, 5.41) is 8.70. The van der Waals surface area contributed by atoms with Crippen molar-refractivity contribution < 1.29 is 33.1 Å². The topological polar surface area (TPSA) is 166 Å². The molecular formula is C38H36ClFN8O6. The lowest BCUT2D eigenvalue weighted by atomic mass is 10.0. The number of aromatic nitrogens is 2. The molecule has 0 spiro atoms. The second-order valence-electron chi connectivity index (χ2n) is 13.2. The summed E-state index contributed by atoms with van der Waals surface area (Å²) in [6.07, 6.45) is 3.46. The minimum atomic E-state index is -0.994. The van der Waals surface area contributed by atoms with Crippen LogP contribution in [0.5, 0.6) is 5.75 Å². The lowest BCUT2D eigenvalue weighted by Crippen LogP contribution is -2.54. The van der Waals surface area contributed by atoms with Crippen LogP contribution in [0, 0.1) is 5.82 Å². The van der Waals surface area contributed by atoms with E-state index in [-0.39, 0.29) is 29.0 Å². The summed E-state index contributed by atoms with van der Waals surface area (Å²) in [5.74, 6) is -2.16. The third-order valence-corrected chi connectivity index (χ3v) is 9.90. The van der Waals surface area contributed by atoms with Crippen molar-refractivity contribution in [3.63, 3.8) is 0 Å². The van der Waals surface area contributed by atoms with E-state index >= 15 is 0 Å². The molecule has 4 aromatic rings.